The highest BCUT2D eigenvalue weighted by Gasteiger charge is 2.61. The number of carbonyl (C=O) groups is 1. The number of rotatable bonds is 1. The van der Waals surface area contributed by atoms with Crippen molar-refractivity contribution < 1.29 is 19.0 Å². The molecule has 1 saturated carbocycles. The van der Waals surface area contributed by atoms with E-state index in [9.17, 15) is 4.79 Å². The van der Waals surface area contributed by atoms with Crippen molar-refractivity contribution >= 4 is 5.78 Å². The molecule has 0 aromatic heterocycles. The number of allylic oxidation sites excluding steroid dienone is 1. The van der Waals surface area contributed by atoms with Gasteiger partial charge < -0.3 is 14.2 Å². The van der Waals surface area contributed by atoms with Crippen molar-refractivity contribution in [2.75, 3.05) is 13.2 Å². The van der Waals surface area contributed by atoms with Crippen LogP contribution in [0.2, 0.25) is 0 Å². The molecule has 3 heterocycles. The Hall–Kier alpha value is -0.970. The first-order valence-electron chi connectivity index (χ1n) is 8.13. The molecule has 1 saturated heterocycles. The van der Waals surface area contributed by atoms with Crippen molar-refractivity contribution in [3.8, 4) is 0 Å². The van der Waals surface area contributed by atoms with Crippen molar-refractivity contribution in [3.63, 3.8) is 0 Å². The van der Waals surface area contributed by atoms with Crippen LogP contribution in [0, 0.1) is 5.92 Å². The van der Waals surface area contributed by atoms with Crippen LogP contribution in [0.4, 0.5) is 0 Å². The monoisotopic (exact) mass is 288 g/mol. The lowest BCUT2D eigenvalue weighted by Gasteiger charge is -2.37. The average molecular weight is 288 g/mol. The van der Waals surface area contributed by atoms with Gasteiger partial charge in [-0.2, -0.15) is 0 Å². The first-order valence-corrected chi connectivity index (χ1v) is 8.13. The molecule has 5 aliphatic rings. The Kier molecular flexibility index (Phi) is 2.43. The third-order valence-corrected chi connectivity index (χ3v) is 5.92. The van der Waals surface area contributed by atoms with Crippen LogP contribution in [-0.2, 0) is 19.0 Å². The molecule has 0 radical (unpaired) electrons. The summed E-state index contributed by atoms with van der Waals surface area (Å²) >= 11 is 0. The molecule has 4 heteroatoms. The van der Waals surface area contributed by atoms with Gasteiger partial charge in [-0.3, -0.25) is 4.79 Å². The van der Waals surface area contributed by atoms with Gasteiger partial charge in [-0.1, -0.05) is 11.6 Å². The van der Waals surface area contributed by atoms with E-state index in [0.29, 0.717) is 25.6 Å². The van der Waals surface area contributed by atoms with Crippen molar-refractivity contribution in [1.29, 1.82) is 0 Å². The van der Waals surface area contributed by atoms with Crippen LogP contribution in [0.3, 0.4) is 0 Å². The number of ether oxygens (including phenoxy) is 3. The first kappa shape index (κ1) is 12.6. The Bertz CT molecular complexity index is 571. The standard InChI is InChI=1S/C17H20O4/c18-13-4-3-11-10-12-2-1-5-16(12)6-7-17(21-16,14(11)13)15-19-8-9-20-15/h6-7,12,15H,1-5,8-10H2/t12?,16-,17+/m0/s1. The van der Waals surface area contributed by atoms with Gasteiger partial charge in [0.2, 0.25) is 0 Å². The molecule has 112 valence electrons. The Labute approximate surface area is 124 Å². The van der Waals surface area contributed by atoms with Gasteiger partial charge in [-0.05, 0) is 44.1 Å². The second-order valence-electron chi connectivity index (χ2n) is 6.95. The lowest BCUT2D eigenvalue weighted by molar-refractivity contribution is -0.197. The van der Waals surface area contributed by atoms with Crippen molar-refractivity contribution in [3.05, 3.63) is 23.3 Å². The van der Waals surface area contributed by atoms with Gasteiger partial charge in [-0.15, -0.1) is 0 Å². The molecule has 0 N–H and O–H groups in total. The molecule has 0 aromatic rings. The summed E-state index contributed by atoms with van der Waals surface area (Å²) in [7, 11) is 0. The van der Waals surface area contributed by atoms with E-state index in [-0.39, 0.29) is 11.4 Å². The van der Waals surface area contributed by atoms with E-state index in [1.54, 1.807) is 0 Å². The molecule has 4 nitrogen and oxygen atoms in total. The van der Waals surface area contributed by atoms with Crippen LogP contribution in [0.25, 0.3) is 0 Å². The van der Waals surface area contributed by atoms with Crippen molar-refractivity contribution in [1.82, 2.24) is 0 Å². The van der Waals surface area contributed by atoms with Crippen LogP contribution >= 0.6 is 0 Å². The van der Waals surface area contributed by atoms with Crippen LogP contribution in [0.1, 0.15) is 38.5 Å². The number of hydrogen-bond donors (Lipinski definition) is 0. The molecule has 2 bridgehead atoms. The van der Waals surface area contributed by atoms with Gasteiger partial charge in [0.15, 0.2) is 17.7 Å². The summed E-state index contributed by atoms with van der Waals surface area (Å²) in [6, 6.07) is 0. The highest BCUT2D eigenvalue weighted by Crippen LogP contribution is 2.57. The molecular formula is C17H20O4. The molecule has 3 atom stereocenters. The number of carbonyl (C=O) groups excluding carboxylic acids is 1. The SMILES string of the molecule is O=C1CCC2=C1[C@@]1(C3OCCO3)C=C[C@]3(CCCC3C2)O1. The van der Waals surface area contributed by atoms with Crippen molar-refractivity contribution in [2.24, 2.45) is 5.92 Å². The summed E-state index contributed by atoms with van der Waals surface area (Å²) < 4.78 is 18.2. The zero-order valence-corrected chi connectivity index (χ0v) is 12.1. The lowest BCUT2D eigenvalue weighted by atomic mass is 9.81. The van der Waals surface area contributed by atoms with Gasteiger partial charge in [0, 0.05) is 12.0 Å². The fourth-order valence-electron chi connectivity index (χ4n) is 5.04. The summed E-state index contributed by atoms with van der Waals surface area (Å²) in [6.45, 7) is 1.16. The average Bonchev–Trinajstić information content (AvgIpc) is 3.20. The second kappa shape index (κ2) is 4.06. The first-order chi connectivity index (χ1) is 10.2. The Balaban J connectivity index is 1.69. The Morgan fingerprint density at radius 3 is 2.86 bits per heavy atom. The molecule has 0 aromatic carbocycles. The van der Waals surface area contributed by atoms with Crippen molar-refractivity contribution in [2.45, 2.75) is 56.0 Å². The normalized spacial score (nSPS) is 45.3. The van der Waals surface area contributed by atoms with Crippen LogP contribution in [0.15, 0.2) is 23.3 Å². The van der Waals surface area contributed by atoms with Gasteiger partial charge in [0.25, 0.3) is 0 Å². The van der Waals surface area contributed by atoms with Crippen LogP contribution < -0.4 is 0 Å². The van der Waals surface area contributed by atoms with Gasteiger partial charge in [-0.25, -0.2) is 0 Å². The van der Waals surface area contributed by atoms with Gasteiger partial charge in [0.05, 0.1) is 18.8 Å². The minimum atomic E-state index is -0.779. The topological polar surface area (TPSA) is 44.8 Å². The number of fused-ring (bicyclic) bond motifs is 2. The quantitative estimate of drug-likeness (QED) is 0.694. The maximum Gasteiger partial charge on any atom is 0.194 e. The fraction of sp³-hybridized carbons (Fsp3) is 0.706. The molecule has 0 amide bonds. The third kappa shape index (κ3) is 1.48. The molecule has 1 unspecified atom stereocenters. The minimum absolute atomic E-state index is 0.195. The summed E-state index contributed by atoms with van der Waals surface area (Å²) in [5.41, 5.74) is 1.19. The number of hydrogen-bond acceptors (Lipinski definition) is 4. The highest BCUT2D eigenvalue weighted by atomic mass is 16.7. The Morgan fingerprint density at radius 1 is 1.14 bits per heavy atom. The summed E-state index contributed by atoms with van der Waals surface area (Å²) in [4.78, 5) is 12.5. The molecule has 2 aliphatic carbocycles. The Morgan fingerprint density at radius 2 is 2.00 bits per heavy atom. The molecule has 3 aliphatic heterocycles. The van der Waals surface area contributed by atoms with E-state index < -0.39 is 11.9 Å². The molecule has 1 spiro atoms. The smallest absolute Gasteiger partial charge is 0.194 e. The summed E-state index contributed by atoms with van der Waals surface area (Å²) in [5, 5.41) is 0. The minimum Gasteiger partial charge on any atom is -0.350 e. The van der Waals surface area contributed by atoms with E-state index >= 15 is 0 Å². The highest BCUT2D eigenvalue weighted by molar-refractivity contribution is 6.01. The van der Waals surface area contributed by atoms with E-state index in [0.717, 1.165) is 24.8 Å². The maximum absolute atomic E-state index is 12.5. The summed E-state index contributed by atoms with van der Waals surface area (Å²) in [5.74, 6) is 0.737. The molecule has 2 fully saturated rings. The maximum atomic E-state index is 12.5. The van der Waals surface area contributed by atoms with E-state index in [1.807, 2.05) is 0 Å². The molecule has 21 heavy (non-hydrogen) atoms. The largest absolute Gasteiger partial charge is 0.350 e. The van der Waals surface area contributed by atoms with E-state index in [2.05, 4.69) is 12.2 Å². The lowest BCUT2D eigenvalue weighted by Crippen LogP contribution is -2.48. The molecular weight excluding hydrogens is 268 g/mol. The van der Waals surface area contributed by atoms with E-state index in [1.165, 1.54) is 18.4 Å². The predicted molar refractivity (Wildman–Crippen MR) is 74.6 cm³/mol. The van der Waals surface area contributed by atoms with Crippen LogP contribution in [-0.4, -0.2) is 36.5 Å². The fourth-order valence-corrected chi connectivity index (χ4v) is 5.04. The number of ketones is 1. The van der Waals surface area contributed by atoms with Crippen LogP contribution in [0.5, 0.6) is 0 Å². The summed E-state index contributed by atoms with van der Waals surface area (Å²) in [6.07, 6.45) is 9.81. The van der Waals surface area contributed by atoms with Gasteiger partial charge in [0.1, 0.15) is 0 Å². The zero-order valence-electron chi connectivity index (χ0n) is 12.1. The third-order valence-electron chi connectivity index (χ3n) is 5.92. The predicted octanol–water partition coefficient (Wildman–Crippen LogP) is 2.29. The van der Waals surface area contributed by atoms with E-state index in [4.69, 9.17) is 14.2 Å². The number of Topliss-reactive ketones (excluding diaryl/α,β-unsaturated/α-hetero) is 1. The second-order valence-corrected chi connectivity index (χ2v) is 6.95. The van der Waals surface area contributed by atoms with Gasteiger partial charge >= 0.3 is 0 Å². The zero-order chi connectivity index (χ0) is 14.1. The molecule has 5 rings (SSSR count).